The van der Waals surface area contributed by atoms with Crippen molar-refractivity contribution in [1.82, 2.24) is 14.7 Å². The van der Waals surface area contributed by atoms with Crippen LogP contribution in [0.1, 0.15) is 35.8 Å². The number of hydrogen-bond acceptors (Lipinski definition) is 3. The molecular weight excluding hydrogens is 228 g/mol. The van der Waals surface area contributed by atoms with Crippen molar-refractivity contribution >= 4 is 5.91 Å². The van der Waals surface area contributed by atoms with Gasteiger partial charge in [0.2, 0.25) is 0 Å². The van der Waals surface area contributed by atoms with Crippen LogP contribution < -0.4 is 0 Å². The standard InChI is InChI=1S/C13H18N4O/c1-10-11(8-16(3)15-10)12(18)17-6-4-13(2,9-14)5-7-17/h8H,4-7H2,1-3H3. The lowest BCUT2D eigenvalue weighted by atomic mass is 9.82. The Kier molecular flexibility index (Phi) is 3.12. The van der Waals surface area contributed by atoms with Gasteiger partial charge in [0.1, 0.15) is 0 Å². The van der Waals surface area contributed by atoms with Gasteiger partial charge in [-0.2, -0.15) is 10.4 Å². The van der Waals surface area contributed by atoms with Crippen molar-refractivity contribution in [3.8, 4) is 6.07 Å². The fourth-order valence-corrected chi connectivity index (χ4v) is 2.30. The third-order valence-electron chi connectivity index (χ3n) is 3.67. The molecule has 0 saturated carbocycles. The van der Waals surface area contributed by atoms with Crippen LogP contribution in [0, 0.1) is 23.7 Å². The summed E-state index contributed by atoms with van der Waals surface area (Å²) in [6.07, 6.45) is 3.25. The van der Waals surface area contributed by atoms with Crippen LogP contribution in [0.25, 0.3) is 0 Å². The quantitative estimate of drug-likeness (QED) is 0.754. The Morgan fingerprint density at radius 2 is 2.11 bits per heavy atom. The summed E-state index contributed by atoms with van der Waals surface area (Å²) in [4.78, 5) is 14.1. The first kappa shape index (κ1) is 12.6. The van der Waals surface area contributed by atoms with Gasteiger partial charge >= 0.3 is 0 Å². The van der Waals surface area contributed by atoms with E-state index in [0.717, 1.165) is 18.5 Å². The van der Waals surface area contributed by atoms with E-state index in [1.165, 1.54) is 0 Å². The summed E-state index contributed by atoms with van der Waals surface area (Å²) in [5.74, 6) is 0.0283. The number of amides is 1. The number of piperidine rings is 1. The van der Waals surface area contributed by atoms with Crippen molar-refractivity contribution in [2.75, 3.05) is 13.1 Å². The molecule has 0 radical (unpaired) electrons. The minimum atomic E-state index is -0.277. The number of rotatable bonds is 1. The summed E-state index contributed by atoms with van der Waals surface area (Å²) < 4.78 is 1.66. The second-order valence-electron chi connectivity index (χ2n) is 5.27. The summed E-state index contributed by atoms with van der Waals surface area (Å²) in [5, 5.41) is 13.3. The minimum absolute atomic E-state index is 0.0283. The SMILES string of the molecule is Cc1nn(C)cc1C(=O)N1CCC(C)(C#N)CC1. The van der Waals surface area contributed by atoms with Crippen molar-refractivity contribution in [2.45, 2.75) is 26.7 Å². The van der Waals surface area contributed by atoms with Gasteiger partial charge in [-0.3, -0.25) is 9.48 Å². The summed E-state index contributed by atoms with van der Waals surface area (Å²) >= 11 is 0. The van der Waals surface area contributed by atoms with E-state index in [1.54, 1.807) is 10.9 Å². The summed E-state index contributed by atoms with van der Waals surface area (Å²) in [6.45, 7) is 5.11. The van der Waals surface area contributed by atoms with Gasteiger partial charge in [-0.05, 0) is 26.7 Å². The molecule has 1 aliphatic rings. The van der Waals surface area contributed by atoms with Gasteiger partial charge in [0.25, 0.3) is 5.91 Å². The Morgan fingerprint density at radius 3 is 2.56 bits per heavy atom. The second-order valence-corrected chi connectivity index (χ2v) is 5.27. The molecule has 0 bridgehead atoms. The molecule has 1 aromatic heterocycles. The van der Waals surface area contributed by atoms with Gasteiger partial charge in [-0.15, -0.1) is 0 Å². The molecule has 5 heteroatoms. The molecule has 0 aliphatic carbocycles. The number of carbonyl (C=O) groups is 1. The molecule has 0 atom stereocenters. The zero-order valence-corrected chi connectivity index (χ0v) is 11.1. The van der Waals surface area contributed by atoms with Crippen molar-refractivity contribution in [3.05, 3.63) is 17.5 Å². The average molecular weight is 246 g/mol. The van der Waals surface area contributed by atoms with E-state index in [-0.39, 0.29) is 11.3 Å². The van der Waals surface area contributed by atoms with E-state index in [1.807, 2.05) is 25.8 Å². The molecule has 1 aromatic rings. The van der Waals surface area contributed by atoms with Crippen molar-refractivity contribution < 1.29 is 4.79 Å². The van der Waals surface area contributed by atoms with Crippen LogP contribution in [0.15, 0.2) is 6.20 Å². The summed E-state index contributed by atoms with van der Waals surface area (Å²) in [6, 6.07) is 2.34. The number of aryl methyl sites for hydroxylation is 2. The van der Waals surface area contributed by atoms with Crippen molar-refractivity contribution in [3.63, 3.8) is 0 Å². The molecule has 2 rings (SSSR count). The third-order valence-corrected chi connectivity index (χ3v) is 3.67. The number of carbonyl (C=O) groups excluding carboxylic acids is 1. The van der Waals surface area contributed by atoms with E-state index in [2.05, 4.69) is 11.2 Å². The second kappa shape index (κ2) is 4.45. The molecule has 0 N–H and O–H groups in total. The first-order valence-electron chi connectivity index (χ1n) is 6.16. The van der Waals surface area contributed by atoms with Gasteiger partial charge in [0, 0.05) is 26.3 Å². The zero-order valence-electron chi connectivity index (χ0n) is 11.1. The smallest absolute Gasteiger partial charge is 0.257 e. The number of nitriles is 1. The molecule has 2 heterocycles. The Balaban J connectivity index is 2.09. The molecule has 1 aliphatic heterocycles. The third kappa shape index (κ3) is 2.23. The molecule has 96 valence electrons. The molecule has 0 aromatic carbocycles. The van der Waals surface area contributed by atoms with E-state index in [4.69, 9.17) is 5.26 Å². The van der Waals surface area contributed by atoms with Gasteiger partial charge in [0.15, 0.2) is 0 Å². The predicted octanol–water partition coefficient (Wildman–Crippen LogP) is 1.49. The molecule has 1 amide bonds. The highest BCUT2D eigenvalue weighted by Gasteiger charge is 2.32. The van der Waals surface area contributed by atoms with Crippen LogP contribution in [0.2, 0.25) is 0 Å². The molecule has 0 spiro atoms. The molecule has 1 fully saturated rings. The number of aromatic nitrogens is 2. The highest BCUT2D eigenvalue weighted by atomic mass is 16.2. The van der Waals surface area contributed by atoms with E-state index in [0.29, 0.717) is 18.7 Å². The monoisotopic (exact) mass is 246 g/mol. The Bertz CT molecular complexity index is 504. The first-order valence-corrected chi connectivity index (χ1v) is 6.16. The van der Waals surface area contributed by atoms with Gasteiger partial charge < -0.3 is 4.90 Å². The zero-order chi connectivity index (χ0) is 13.3. The Morgan fingerprint density at radius 1 is 1.50 bits per heavy atom. The van der Waals surface area contributed by atoms with Crippen molar-refractivity contribution in [2.24, 2.45) is 12.5 Å². The maximum absolute atomic E-state index is 12.3. The normalized spacial score (nSPS) is 18.4. The number of hydrogen-bond donors (Lipinski definition) is 0. The number of nitrogens with zero attached hydrogens (tertiary/aromatic N) is 4. The highest BCUT2D eigenvalue weighted by molar-refractivity contribution is 5.95. The van der Waals surface area contributed by atoms with Crippen LogP contribution in [-0.4, -0.2) is 33.7 Å². The van der Waals surface area contributed by atoms with E-state index >= 15 is 0 Å². The lowest BCUT2D eigenvalue weighted by molar-refractivity contribution is 0.0661. The van der Waals surface area contributed by atoms with Crippen LogP contribution >= 0.6 is 0 Å². The Labute approximate surface area is 107 Å². The molecule has 0 unspecified atom stereocenters. The van der Waals surface area contributed by atoms with E-state index < -0.39 is 0 Å². The minimum Gasteiger partial charge on any atom is -0.338 e. The van der Waals surface area contributed by atoms with Crippen molar-refractivity contribution in [1.29, 1.82) is 5.26 Å². The van der Waals surface area contributed by atoms with Crippen LogP contribution in [0.5, 0.6) is 0 Å². The van der Waals surface area contributed by atoms with E-state index in [9.17, 15) is 4.79 Å². The largest absolute Gasteiger partial charge is 0.338 e. The molecule has 5 nitrogen and oxygen atoms in total. The molecular formula is C13H18N4O. The highest BCUT2D eigenvalue weighted by Crippen LogP contribution is 2.30. The molecule has 1 saturated heterocycles. The lowest BCUT2D eigenvalue weighted by Crippen LogP contribution is -2.41. The fourth-order valence-electron chi connectivity index (χ4n) is 2.30. The van der Waals surface area contributed by atoms with Crippen LogP contribution in [-0.2, 0) is 7.05 Å². The van der Waals surface area contributed by atoms with Crippen LogP contribution in [0.3, 0.4) is 0 Å². The van der Waals surface area contributed by atoms with Crippen LogP contribution in [0.4, 0.5) is 0 Å². The maximum atomic E-state index is 12.3. The maximum Gasteiger partial charge on any atom is 0.257 e. The predicted molar refractivity (Wildman–Crippen MR) is 66.8 cm³/mol. The average Bonchev–Trinajstić information content (AvgIpc) is 2.69. The lowest BCUT2D eigenvalue weighted by Gasteiger charge is -2.34. The van der Waals surface area contributed by atoms with Gasteiger partial charge in [-0.25, -0.2) is 0 Å². The van der Waals surface area contributed by atoms with Gasteiger partial charge in [0.05, 0.1) is 22.7 Å². The molecule has 18 heavy (non-hydrogen) atoms. The summed E-state index contributed by atoms with van der Waals surface area (Å²) in [5.41, 5.74) is 1.15. The Hall–Kier alpha value is -1.83. The number of likely N-dealkylation sites (tertiary alicyclic amines) is 1. The van der Waals surface area contributed by atoms with Gasteiger partial charge in [-0.1, -0.05) is 0 Å². The fraction of sp³-hybridized carbons (Fsp3) is 0.615. The summed E-state index contributed by atoms with van der Waals surface area (Å²) in [7, 11) is 1.81. The first-order chi connectivity index (χ1) is 8.45. The topological polar surface area (TPSA) is 61.9 Å².